The van der Waals surface area contributed by atoms with Crippen molar-refractivity contribution in [2.75, 3.05) is 23.8 Å². The number of nitriles is 1. The van der Waals surface area contributed by atoms with Crippen molar-refractivity contribution in [2.45, 2.75) is 44.5 Å². The maximum absolute atomic E-state index is 13.6. The van der Waals surface area contributed by atoms with Crippen LogP contribution in [0.5, 0.6) is 0 Å². The summed E-state index contributed by atoms with van der Waals surface area (Å²) in [5, 5.41) is 28.8. The van der Waals surface area contributed by atoms with Crippen LogP contribution < -0.4 is 4.90 Å². The highest BCUT2D eigenvalue weighted by Gasteiger charge is 2.47. The molecule has 1 aliphatic rings. The molecule has 0 aliphatic carbocycles. The molecule has 0 bridgehead atoms. The second kappa shape index (κ2) is 11.3. The van der Waals surface area contributed by atoms with Gasteiger partial charge in [0.25, 0.3) is 0 Å². The van der Waals surface area contributed by atoms with Gasteiger partial charge in [0.05, 0.1) is 18.6 Å². The first-order chi connectivity index (χ1) is 16.2. The molecule has 0 radical (unpaired) electrons. The van der Waals surface area contributed by atoms with E-state index in [1.54, 1.807) is 13.0 Å². The Kier molecular flexibility index (Phi) is 8.63. The lowest BCUT2D eigenvalue weighted by molar-refractivity contribution is -0.185. The standard InChI is InChI=1S/C25H27F3N2O3S/c1-2-23-22(25(26,27)28)4-3-9-30(23)20-8-7-17-10-16(5-6-18(17)12-20)11-19(13-29)24(33)34-15-21(32)14-31/h5-8,10-12,21-23,31-32H,2-4,9,14-15H2,1H3/b19-11+. The minimum Gasteiger partial charge on any atom is -0.394 e. The maximum atomic E-state index is 13.6. The molecule has 0 spiro atoms. The molecule has 3 unspecified atom stereocenters. The van der Waals surface area contributed by atoms with E-state index in [1.165, 1.54) is 6.08 Å². The van der Waals surface area contributed by atoms with Crippen molar-refractivity contribution < 1.29 is 28.2 Å². The number of hydrogen-bond donors (Lipinski definition) is 2. The summed E-state index contributed by atoms with van der Waals surface area (Å²) < 4.78 is 40.7. The van der Waals surface area contributed by atoms with E-state index in [1.807, 2.05) is 41.3 Å². The third kappa shape index (κ3) is 6.12. The fourth-order valence-electron chi connectivity index (χ4n) is 4.39. The van der Waals surface area contributed by atoms with Gasteiger partial charge in [0.1, 0.15) is 11.6 Å². The lowest BCUT2D eigenvalue weighted by Gasteiger charge is -2.43. The van der Waals surface area contributed by atoms with Crippen LogP contribution in [0.25, 0.3) is 16.8 Å². The van der Waals surface area contributed by atoms with Crippen LogP contribution in [-0.2, 0) is 4.79 Å². The number of halogens is 3. The van der Waals surface area contributed by atoms with Crippen molar-refractivity contribution in [2.24, 2.45) is 5.92 Å². The second-order valence-electron chi connectivity index (χ2n) is 8.35. The lowest BCUT2D eigenvalue weighted by atomic mass is 9.86. The highest BCUT2D eigenvalue weighted by molar-refractivity contribution is 8.14. The molecular weight excluding hydrogens is 465 g/mol. The molecule has 1 saturated heterocycles. The number of nitrogens with zero attached hydrogens (tertiary/aromatic N) is 2. The number of piperidine rings is 1. The molecule has 9 heteroatoms. The lowest BCUT2D eigenvalue weighted by Crippen LogP contribution is -2.50. The summed E-state index contributed by atoms with van der Waals surface area (Å²) in [6.07, 6.45) is -2.76. The van der Waals surface area contributed by atoms with Crippen molar-refractivity contribution >= 4 is 39.4 Å². The van der Waals surface area contributed by atoms with E-state index in [9.17, 15) is 28.3 Å². The maximum Gasteiger partial charge on any atom is 0.393 e. The molecule has 1 heterocycles. The van der Waals surface area contributed by atoms with Crippen LogP contribution in [0.15, 0.2) is 42.0 Å². The molecular formula is C25H27F3N2O3S. The highest BCUT2D eigenvalue weighted by Crippen LogP contribution is 2.41. The Bertz CT molecular complexity index is 1100. The van der Waals surface area contributed by atoms with Crippen molar-refractivity contribution in [1.29, 1.82) is 5.26 Å². The van der Waals surface area contributed by atoms with Crippen LogP contribution in [-0.4, -0.2) is 52.6 Å². The Balaban J connectivity index is 1.84. The molecule has 2 N–H and O–H groups in total. The zero-order valence-corrected chi connectivity index (χ0v) is 19.6. The van der Waals surface area contributed by atoms with Gasteiger partial charge >= 0.3 is 6.18 Å². The van der Waals surface area contributed by atoms with Gasteiger partial charge in [-0.05, 0) is 59.9 Å². The van der Waals surface area contributed by atoms with Gasteiger partial charge < -0.3 is 15.1 Å². The van der Waals surface area contributed by atoms with E-state index in [4.69, 9.17) is 5.11 Å². The fraction of sp³-hybridized carbons (Fsp3) is 0.440. The monoisotopic (exact) mass is 492 g/mol. The molecule has 0 saturated carbocycles. The minimum atomic E-state index is -4.22. The summed E-state index contributed by atoms with van der Waals surface area (Å²) in [5.74, 6) is -1.35. The van der Waals surface area contributed by atoms with E-state index in [0.29, 0.717) is 24.9 Å². The number of aliphatic hydroxyl groups excluding tert-OH is 2. The minimum absolute atomic E-state index is 0.0146. The molecule has 2 aromatic rings. The Morgan fingerprint density at radius 3 is 2.65 bits per heavy atom. The first-order valence-corrected chi connectivity index (χ1v) is 12.1. The van der Waals surface area contributed by atoms with Gasteiger partial charge in [-0.2, -0.15) is 18.4 Å². The molecule has 2 aromatic carbocycles. The molecule has 1 aliphatic heterocycles. The second-order valence-corrected chi connectivity index (χ2v) is 9.35. The van der Waals surface area contributed by atoms with Crippen molar-refractivity contribution in [3.63, 3.8) is 0 Å². The summed E-state index contributed by atoms with van der Waals surface area (Å²) in [5.41, 5.74) is 1.31. The fourth-order valence-corrected chi connectivity index (χ4v) is 5.10. The predicted octanol–water partition coefficient (Wildman–Crippen LogP) is 4.92. The normalized spacial score (nSPS) is 20.3. The van der Waals surface area contributed by atoms with Crippen LogP contribution in [0.2, 0.25) is 0 Å². The van der Waals surface area contributed by atoms with Gasteiger partial charge in [0, 0.05) is 24.0 Å². The van der Waals surface area contributed by atoms with Crippen LogP contribution in [0, 0.1) is 17.2 Å². The molecule has 0 amide bonds. The zero-order chi connectivity index (χ0) is 24.9. The molecule has 0 aromatic heterocycles. The average molecular weight is 493 g/mol. The van der Waals surface area contributed by atoms with Crippen molar-refractivity contribution in [3.05, 3.63) is 47.5 Å². The van der Waals surface area contributed by atoms with Crippen LogP contribution in [0.3, 0.4) is 0 Å². The Morgan fingerprint density at radius 1 is 1.29 bits per heavy atom. The first-order valence-electron chi connectivity index (χ1n) is 11.1. The number of aliphatic hydroxyl groups is 2. The number of hydrogen-bond acceptors (Lipinski definition) is 6. The smallest absolute Gasteiger partial charge is 0.393 e. The van der Waals surface area contributed by atoms with E-state index in [2.05, 4.69) is 0 Å². The number of benzene rings is 2. The van der Waals surface area contributed by atoms with Gasteiger partial charge in [-0.25, -0.2) is 0 Å². The summed E-state index contributed by atoms with van der Waals surface area (Å²) in [7, 11) is 0. The third-order valence-electron chi connectivity index (χ3n) is 6.07. The molecule has 34 heavy (non-hydrogen) atoms. The molecule has 3 atom stereocenters. The van der Waals surface area contributed by atoms with Crippen molar-refractivity contribution in [1.82, 2.24) is 0 Å². The van der Waals surface area contributed by atoms with Crippen LogP contribution in [0.4, 0.5) is 18.9 Å². The Morgan fingerprint density at radius 2 is 2.00 bits per heavy atom. The number of carbonyl (C=O) groups excluding carboxylic acids is 1. The number of alkyl halides is 3. The van der Waals surface area contributed by atoms with Crippen LogP contribution in [0.1, 0.15) is 31.7 Å². The summed E-state index contributed by atoms with van der Waals surface area (Å²) in [6, 6.07) is 12.2. The van der Waals surface area contributed by atoms with Gasteiger partial charge in [-0.3, -0.25) is 4.79 Å². The molecule has 1 fully saturated rings. The zero-order valence-electron chi connectivity index (χ0n) is 18.8. The van der Waals surface area contributed by atoms with Gasteiger partial charge in [0.15, 0.2) is 0 Å². The summed E-state index contributed by atoms with van der Waals surface area (Å²) in [6.45, 7) is 1.90. The molecule has 5 nitrogen and oxygen atoms in total. The van der Waals surface area contributed by atoms with Crippen molar-refractivity contribution in [3.8, 4) is 6.07 Å². The van der Waals surface area contributed by atoms with Crippen LogP contribution >= 0.6 is 11.8 Å². The number of thioether (sulfide) groups is 1. The van der Waals surface area contributed by atoms with Gasteiger partial charge in [0.2, 0.25) is 5.12 Å². The van der Waals surface area contributed by atoms with E-state index >= 15 is 0 Å². The third-order valence-corrected chi connectivity index (χ3v) is 7.10. The Hall–Kier alpha value is -2.54. The van der Waals surface area contributed by atoms with E-state index in [0.717, 1.165) is 28.2 Å². The molecule has 3 rings (SSSR count). The predicted molar refractivity (Wildman–Crippen MR) is 128 cm³/mol. The van der Waals surface area contributed by atoms with Gasteiger partial charge in [-0.1, -0.05) is 36.9 Å². The largest absolute Gasteiger partial charge is 0.394 e. The topological polar surface area (TPSA) is 84.6 Å². The SMILES string of the molecule is CCC1C(C(F)(F)F)CCCN1c1ccc2cc(/C=C(\C#N)C(=O)SCC(O)CO)ccc2c1. The Labute approximate surface area is 200 Å². The summed E-state index contributed by atoms with van der Waals surface area (Å²) in [4.78, 5) is 14.1. The number of fused-ring (bicyclic) bond motifs is 1. The average Bonchev–Trinajstić information content (AvgIpc) is 2.83. The number of carbonyl (C=O) groups is 1. The first kappa shape index (κ1) is 26.1. The van der Waals surface area contributed by atoms with E-state index in [-0.39, 0.29) is 17.7 Å². The summed E-state index contributed by atoms with van der Waals surface area (Å²) >= 11 is 0.761. The number of rotatable bonds is 7. The van der Waals surface area contributed by atoms with Gasteiger partial charge in [-0.15, -0.1) is 0 Å². The molecule has 182 valence electrons. The van der Waals surface area contributed by atoms with E-state index < -0.39 is 36.0 Å². The highest BCUT2D eigenvalue weighted by atomic mass is 32.2. The number of anilines is 1. The quantitative estimate of drug-likeness (QED) is 0.422.